The van der Waals surface area contributed by atoms with Gasteiger partial charge < -0.3 is 24.8 Å². The molecule has 2 atom stereocenters. The predicted molar refractivity (Wildman–Crippen MR) is 213 cm³/mol. The number of aromatic nitrogens is 2. The van der Waals surface area contributed by atoms with Gasteiger partial charge in [0.1, 0.15) is 17.5 Å². The number of rotatable bonds is 9. The molecule has 6 amide bonds. The molecule has 3 aromatic rings. The first-order valence-corrected chi connectivity index (χ1v) is 19.8. The smallest absolute Gasteiger partial charge is 0.342 e. The third kappa shape index (κ3) is 7.33. The summed E-state index contributed by atoms with van der Waals surface area (Å²) in [4.78, 5) is 93.7. The molecule has 6 heterocycles. The molecule has 0 spiro atoms. The molecule has 2 unspecified atom stereocenters. The van der Waals surface area contributed by atoms with Gasteiger partial charge in [-0.05, 0) is 57.0 Å². The summed E-state index contributed by atoms with van der Waals surface area (Å²) in [6.07, 6.45) is 2.27. The van der Waals surface area contributed by atoms with E-state index >= 15 is 0 Å². The third-order valence-electron chi connectivity index (χ3n) is 11.7. The Bertz CT molecular complexity index is 2290. The van der Waals surface area contributed by atoms with E-state index in [2.05, 4.69) is 35.8 Å². The van der Waals surface area contributed by atoms with E-state index in [4.69, 9.17) is 4.74 Å². The third-order valence-corrected chi connectivity index (χ3v) is 11.7. The highest BCUT2D eigenvalue weighted by Crippen LogP contribution is 2.38. The summed E-state index contributed by atoms with van der Waals surface area (Å²) in [5.41, 5.74) is 5.07. The number of benzene rings is 2. The van der Waals surface area contributed by atoms with Crippen LogP contribution in [0.3, 0.4) is 0 Å². The van der Waals surface area contributed by atoms with Gasteiger partial charge in [-0.25, -0.2) is 9.99 Å². The van der Waals surface area contributed by atoms with Crippen molar-refractivity contribution in [1.29, 1.82) is 0 Å². The van der Waals surface area contributed by atoms with Crippen LogP contribution in [0.1, 0.15) is 64.2 Å². The van der Waals surface area contributed by atoms with E-state index in [0.717, 1.165) is 16.2 Å². The van der Waals surface area contributed by atoms with Gasteiger partial charge in [0.05, 0.1) is 42.4 Å². The van der Waals surface area contributed by atoms with Crippen LogP contribution in [0, 0.1) is 0 Å². The average Bonchev–Trinajstić information content (AvgIpc) is 3.78. The fourth-order valence-corrected chi connectivity index (χ4v) is 8.51. The van der Waals surface area contributed by atoms with Crippen molar-refractivity contribution in [2.45, 2.75) is 57.2 Å². The van der Waals surface area contributed by atoms with E-state index in [1.165, 1.54) is 25.3 Å². The van der Waals surface area contributed by atoms with Crippen LogP contribution in [0.15, 0.2) is 42.6 Å². The number of anilines is 5. The van der Waals surface area contributed by atoms with Crippen LogP contribution < -0.4 is 35.5 Å². The Morgan fingerprint density at radius 2 is 1.75 bits per heavy atom. The summed E-state index contributed by atoms with van der Waals surface area (Å²) in [5.74, 6) is -6.88. The minimum absolute atomic E-state index is 0.0495. The molecule has 60 heavy (non-hydrogen) atoms. The summed E-state index contributed by atoms with van der Waals surface area (Å²) >= 11 is 0. The lowest BCUT2D eigenvalue weighted by atomic mass is 10.0. The Morgan fingerprint density at radius 1 is 0.983 bits per heavy atom. The maximum absolute atomic E-state index is 14.8. The van der Waals surface area contributed by atoms with Gasteiger partial charge >= 0.3 is 5.92 Å². The van der Waals surface area contributed by atoms with Crippen LogP contribution in [0.4, 0.5) is 37.6 Å². The van der Waals surface area contributed by atoms with Gasteiger partial charge in [0.2, 0.25) is 17.8 Å². The SMILES string of the molecule is COc1cc(C(=O)NN2CCC(N3CCN(c4cccc5c4C(=O)N(C4CCC(=O)NC4=O)C5=O)CC3)C2)ccc1Nc1ncc2c(n1)N(C(C)C)CC(F)(F)C(=O)N2C. The lowest BCUT2D eigenvalue weighted by Crippen LogP contribution is -2.54. The highest BCUT2D eigenvalue weighted by Gasteiger charge is 2.48. The number of ether oxygens (including phenoxy) is 1. The second-order valence-electron chi connectivity index (χ2n) is 15.7. The van der Waals surface area contributed by atoms with E-state index in [0.29, 0.717) is 62.0 Å². The van der Waals surface area contributed by atoms with Crippen molar-refractivity contribution < 1.29 is 42.3 Å². The monoisotopic (exact) mass is 829 g/mol. The Morgan fingerprint density at radius 3 is 2.47 bits per heavy atom. The van der Waals surface area contributed by atoms with Crippen molar-refractivity contribution in [3.63, 3.8) is 0 Å². The number of piperidine rings is 1. The lowest BCUT2D eigenvalue weighted by Gasteiger charge is -2.39. The van der Waals surface area contributed by atoms with Gasteiger partial charge in [-0.1, -0.05) is 6.07 Å². The molecule has 3 N–H and O–H groups in total. The molecule has 3 fully saturated rings. The lowest BCUT2D eigenvalue weighted by molar-refractivity contribution is -0.140. The molecule has 8 rings (SSSR count). The van der Waals surface area contributed by atoms with Gasteiger partial charge in [-0.2, -0.15) is 13.8 Å². The van der Waals surface area contributed by atoms with E-state index in [9.17, 15) is 37.5 Å². The summed E-state index contributed by atoms with van der Waals surface area (Å²) in [6.45, 7) is 6.41. The number of nitrogens with one attached hydrogen (secondary N) is 3. The van der Waals surface area contributed by atoms with Crippen LogP contribution in [0.5, 0.6) is 5.75 Å². The largest absolute Gasteiger partial charge is 0.495 e. The van der Waals surface area contributed by atoms with Crippen molar-refractivity contribution in [2.24, 2.45) is 0 Å². The number of amides is 6. The molecule has 3 saturated heterocycles. The molecule has 316 valence electrons. The Balaban J connectivity index is 0.875. The van der Waals surface area contributed by atoms with Gasteiger partial charge in [0.25, 0.3) is 23.6 Å². The number of nitrogens with zero attached hydrogens (tertiary/aromatic N) is 8. The minimum Gasteiger partial charge on any atom is -0.495 e. The predicted octanol–water partition coefficient (Wildman–Crippen LogP) is 2.00. The second kappa shape index (κ2) is 15.7. The first kappa shape index (κ1) is 40.5. The average molecular weight is 830 g/mol. The highest BCUT2D eigenvalue weighted by atomic mass is 19.3. The molecule has 2 aromatic carbocycles. The van der Waals surface area contributed by atoms with Crippen LogP contribution in [0.25, 0.3) is 0 Å². The number of methoxy groups -OCH3 is 1. The standard InChI is InChI=1S/C40H45F2N11O7/c1-22(2)52-21-40(41,42)38(59)48(3)29-19-43-39(46-33(29)52)44-26-9-8-23(18-30(26)60-4)34(55)47-51-13-12-24(20-51)49-14-16-50(17-15-49)27-7-5-6-25-32(27)37(58)53(36(25)57)28-10-11-31(54)45-35(28)56/h5-9,18-19,22,24,28H,10-17,20-21H2,1-4H3,(H,47,55)(H,43,44,46)(H,45,54,56). The van der Waals surface area contributed by atoms with Crippen molar-refractivity contribution in [3.8, 4) is 5.75 Å². The number of fused-ring (bicyclic) bond motifs is 2. The molecular formula is C40H45F2N11O7. The van der Waals surface area contributed by atoms with Gasteiger partial charge in [0.15, 0.2) is 5.82 Å². The normalized spacial score (nSPS) is 22.2. The second-order valence-corrected chi connectivity index (χ2v) is 15.7. The highest BCUT2D eigenvalue weighted by molar-refractivity contribution is 6.25. The molecule has 0 aliphatic carbocycles. The number of hydrazine groups is 1. The first-order chi connectivity index (χ1) is 28.6. The summed E-state index contributed by atoms with van der Waals surface area (Å²) in [6, 6.07) is 8.70. The number of hydrogen-bond donors (Lipinski definition) is 3. The molecule has 5 aliphatic heterocycles. The van der Waals surface area contributed by atoms with Crippen LogP contribution in [-0.2, 0) is 14.4 Å². The minimum atomic E-state index is -3.62. The maximum atomic E-state index is 14.8. The van der Waals surface area contributed by atoms with E-state index in [1.807, 2.05) is 11.1 Å². The number of halogens is 2. The molecule has 5 aliphatic rings. The summed E-state index contributed by atoms with van der Waals surface area (Å²) < 4.78 is 35.1. The Hall–Kier alpha value is -6.28. The topological polar surface area (TPSA) is 193 Å². The van der Waals surface area contributed by atoms with Gasteiger partial charge in [-0.3, -0.25) is 49.3 Å². The summed E-state index contributed by atoms with van der Waals surface area (Å²) in [5, 5.41) is 7.17. The van der Waals surface area contributed by atoms with Crippen molar-refractivity contribution >= 4 is 64.3 Å². The Kier molecular flexibility index (Phi) is 10.6. The molecular weight excluding hydrogens is 785 g/mol. The fourth-order valence-electron chi connectivity index (χ4n) is 8.51. The van der Waals surface area contributed by atoms with Crippen LogP contribution in [0.2, 0.25) is 0 Å². The number of hydrogen-bond acceptors (Lipinski definition) is 14. The van der Waals surface area contributed by atoms with E-state index in [1.54, 1.807) is 44.2 Å². The zero-order valence-electron chi connectivity index (χ0n) is 33.5. The first-order valence-electron chi connectivity index (χ1n) is 19.8. The van der Waals surface area contributed by atoms with Crippen molar-refractivity contribution in [2.75, 3.05) is 80.0 Å². The Labute approximate surface area is 343 Å². The van der Waals surface area contributed by atoms with E-state index < -0.39 is 54.1 Å². The van der Waals surface area contributed by atoms with Gasteiger partial charge in [0, 0.05) is 70.4 Å². The van der Waals surface area contributed by atoms with Crippen molar-refractivity contribution in [1.82, 2.24) is 35.5 Å². The van der Waals surface area contributed by atoms with Crippen molar-refractivity contribution in [3.05, 3.63) is 59.3 Å². The molecule has 0 radical (unpaired) electrons. The number of alkyl halides is 2. The van der Waals surface area contributed by atoms with Crippen LogP contribution in [-0.4, -0.2) is 144 Å². The van der Waals surface area contributed by atoms with Gasteiger partial charge in [-0.15, -0.1) is 0 Å². The number of carbonyl (C=O) groups excluding carboxylic acids is 6. The number of piperazine rings is 1. The number of imide groups is 2. The molecule has 0 bridgehead atoms. The quantitative estimate of drug-likeness (QED) is 0.265. The molecule has 1 aromatic heterocycles. The zero-order chi connectivity index (χ0) is 42.6. The maximum Gasteiger partial charge on any atom is 0.342 e. The molecule has 0 saturated carbocycles. The fraction of sp³-hybridized carbons (Fsp3) is 0.450. The molecule has 18 nitrogen and oxygen atoms in total. The van der Waals surface area contributed by atoms with Crippen LogP contribution >= 0.6 is 0 Å². The van der Waals surface area contributed by atoms with E-state index in [-0.39, 0.29) is 53.4 Å². The summed E-state index contributed by atoms with van der Waals surface area (Å²) in [7, 11) is 2.72. The molecule has 20 heteroatoms. The number of carbonyl (C=O) groups is 6. The zero-order valence-corrected chi connectivity index (χ0v) is 33.5.